The summed E-state index contributed by atoms with van der Waals surface area (Å²) in [5.74, 6) is -0.309. The van der Waals surface area contributed by atoms with Crippen molar-refractivity contribution in [3.63, 3.8) is 0 Å². The van der Waals surface area contributed by atoms with E-state index in [2.05, 4.69) is 15.9 Å². The van der Waals surface area contributed by atoms with E-state index in [1.165, 1.54) is 4.90 Å². The highest BCUT2D eigenvalue weighted by Gasteiger charge is 2.54. The zero-order valence-electron chi connectivity index (χ0n) is 17.6. The highest BCUT2D eigenvalue weighted by Crippen LogP contribution is 2.38. The Labute approximate surface area is 205 Å². The molecule has 3 aromatic carbocycles. The topological polar surface area (TPSA) is 40.6 Å². The van der Waals surface area contributed by atoms with Crippen LogP contribution in [0.4, 0.5) is 10.5 Å². The van der Waals surface area contributed by atoms with Gasteiger partial charge >= 0.3 is 6.03 Å². The average molecular weight is 532 g/mol. The van der Waals surface area contributed by atoms with Crippen LogP contribution in [0.2, 0.25) is 10.0 Å². The van der Waals surface area contributed by atoms with Crippen LogP contribution >= 0.6 is 39.1 Å². The summed E-state index contributed by atoms with van der Waals surface area (Å²) < 4.78 is 0.951. The Hall–Kier alpha value is -2.34. The van der Waals surface area contributed by atoms with Crippen LogP contribution in [0.5, 0.6) is 0 Å². The van der Waals surface area contributed by atoms with Gasteiger partial charge in [-0.1, -0.05) is 81.1 Å². The van der Waals surface area contributed by atoms with Crippen molar-refractivity contribution in [1.82, 2.24) is 4.90 Å². The van der Waals surface area contributed by atoms with E-state index in [0.717, 1.165) is 21.2 Å². The second kappa shape index (κ2) is 8.89. The van der Waals surface area contributed by atoms with Crippen molar-refractivity contribution in [2.24, 2.45) is 0 Å². The van der Waals surface area contributed by atoms with Crippen LogP contribution in [0, 0.1) is 6.92 Å². The van der Waals surface area contributed by atoms with Gasteiger partial charge in [-0.05, 0) is 55.3 Å². The number of anilines is 1. The lowest BCUT2D eigenvalue weighted by atomic mass is 9.90. The molecule has 0 bridgehead atoms. The zero-order valence-corrected chi connectivity index (χ0v) is 20.7. The number of carbonyl (C=O) groups excluding carboxylic acids is 2. The van der Waals surface area contributed by atoms with Crippen molar-refractivity contribution in [1.29, 1.82) is 0 Å². The number of amides is 3. The molecule has 164 valence electrons. The second-order valence-corrected chi connectivity index (χ2v) is 9.99. The van der Waals surface area contributed by atoms with Gasteiger partial charge in [0.2, 0.25) is 0 Å². The van der Waals surface area contributed by atoms with Gasteiger partial charge in [-0.3, -0.25) is 4.79 Å². The maximum absolute atomic E-state index is 13.8. The summed E-state index contributed by atoms with van der Waals surface area (Å²) in [4.78, 5) is 30.2. The molecular weight excluding hydrogens is 511 g/mol. The van der Waals surface area contributed by atoms with Crippen molar-refractivity contribution < 1.29 is 9.59 Å². The molecule has 1 atom stereocenters. The first-order valence-electron chi connectivity index (χ1n) is 10.1. The third-order valence-electron chi connectivity index (χ3n) is 5.67. The molecule has 0 saturated carbocycles. The molecule has 0 aliphatic carbocycles. The fourth-order valence-electron chi connectivity index (χ4n) is 4.08. The second-order valence-electron chi connectivity index (χ2n) is 8.20. The normalized spacial score (nSPS) is 18.5. The monoisotopic (exact) mass is 530 g/mol. The third-order valence-corrected chi connectivity index (χ3v) is 6.64. The Kier molecular flexibility index (Phi) is 6.35. The van der Waals surface area contributed by atoms with Gasteiger partial charge < -0.3 is 4.90 Å². The Morgan fingerprint density at radius 2 is 1.56 bits per heavy atom. The van der Waals surface area contributed by atoms with E-state index in [1.54, 1.807) is 23.1 Å². The molecule has 0 aromatic heterocycles. The van der Waals surface area contributed by atoms with Gasteiger partial charge in [-0.2, -0.15) is 0 Å². The molecule has 4 nitrogen and oxygen atoms in total. The molecule has 1 saturated heterocycles. The van der Waals surface area contributed by atoms with Crippen molar-refractivity contribution >= 4 is 56.8 Å². The molecule has 0 unspecified atom stereocenters. The summed E-state index contributed by atoms with van der Waals surface area (Å²) in [6, 6.07) is 20.1. The lowest BCUT2D eigenvalue weighted by Gasteiger charge is -2.32. The van der Waals surface area contributed by atoms with Crippen LogP contribution in [0.1, 0.15) is 23.6 Å². The van der Waals surface area contributed by atoms with Crippen molar-refractivity contribution in [3.8, 4) is 0 Å². The first-order chi connectivity index (χ1) is 15.2. The van der Waals surface area contributed by atoms with E-state index in [0.29, 0.717) is 28.7 Å². The van der Waals surface area contributed by atoms with E-state index in [-0.39, 0.29) is 5.91 Å². The van der Waals surface area contributed by atoms with Gasteiger partial charge in [-0.15, -0.1) is 0 Å². The summed E-state index contributed by atoms with van der Waals surface area (Å²) >= 11 is 15.8. The van der Waals surface area contributed by atoms with E-state index >= 15 is 0 Å². The van der Waals surface area contributed by atoms with Gasteiger partial charge in [0.15, 0.2) is 0 Å². The SMILES string of the molecule is Cc1cccc(CN2C(=O)N(c3cc(Cl)cc(Cl)c3)C(=O)[C@@]2(C)Cc2ccc(Br)cc2)c1. The summed E-state index contributed by atoms with van der Waals surface area (Å²) in [6.45, 7) is 4.13. The fourth-order valence-corrected chi connectivity index (χ4v) is 4.86. The highest BCUT2D eigenvalue weighted by atomic mass is 79.9. The van der Waals surface area contributed by atoms with Gasteiger partial charge in [-0.25, -0.2) is 9.69 Å². The molecule has 1 aliphatic rings. The minimum absolute atomic E-state index is 0.309. The Morgan fingerprint density at radius 3 is 2.19 bits per heavy atom. The number of hydrogen-bond acceptors (Lipinski definition) is 2. The van der Waals surface area contributed by atoms with Crippen molar-refractivity contribution in [3.05, 3.63) is 97.9 Å². The minimum atomic E-state index is -1.08. The van der Waals surface area contributed by atoms with Crippen molar-refractivity contribution in [2.75, 3.05) is 4.90 Å². The van der Waals surface area contributed by atoms with E-state index in [1.807, 2.05) is 62.4 Å². The molecule has 7 heteroatoms. The number of nitrogens with zero attached hydrogens (tertiary/aromatic N) is 2. The lowest BCUT2D eigenvalue weighted by molar-refractivity contribution is -0.124. The van der Waals surface area contributed by atoms with Gasteiger partial charge in [0.1, 0.15) is 5.54 Å². The summed E-state index contributed by atoms with van der Waals surface area (Å²) in [5.41, 5.74) is 2.29. The summed E-state index contributed by atoms with van der Waals surface area (Å²) in [5, 5.41) is 0.722. The number of rotatable bonds is 5. The molecule has 1 aliphatic heterocycles. The minimum Gasteiger partial charge on any atom is -0.305 e. The first-order valence-corrected chi connectivity index (χ1v) is 11.6. The van der Waals surface area contributed by atoms with Crippen LogP contribution in [0.25, 0.3) is 0 Å². The molecular formula is C25H21BrCl2N2O2. The molecule has 0 N–H and O–H groups in total. The van der Waals surface area contributed by atoms with Gasteiger partial charge in [0, 0.05) is 27.5 Å². The van der Waals surface area contributed by atoms with Crippen LogP contribution in [-0.2, 0) is 17.8 Å². The molecule has 0 radical (unpaired) electrons. The van der Waals surface area contributed by atoms with Crippen LogP contribution in [-0.4, -0.2) is 22.4 Å². The Morgan fingerprint density at radius 1 is 0.906 bits per heavy atom. The predicted molar refractivity (Wildman–Crippen MR) is 132 cm³/mol. The average Bonchev–Trinajstić information content (AvgIpc) is 2.90. The first kappa shape index (κ1) is 22.8. The molecule has 32 heavy (non-hydrogen) atoms. The molecule has 0 spiro atoms. The van der Waals surface area contributed by atoms with Crippen LogP contribution in [0.3, 0.4) is 0 Å². The fraction of sp³-hybridized carbons (Fsp3) is 0.200. The number of benzene rings is 3. The molecule has 1 heterocycles. The summed E-state index contributed by atoms with van der Waals surface area (Å²) in [7, 11) is 0. The number of carbonyl (C=O) groups is 2. The van der Waals surface area contributed by atoms with Gasteiger partial charge in [0.25, 0.3) is 5.91 Å². The highest BCUT2D eigenvalue weighted by molar-refractivity contribution is 9.10. The van der Waals surface area contributed by atoms with E-state index in [4.69, 9.17) is 23.2 Å². The maximum atomic E-state index is 13.8. The third kappa shape index (κ3) is 4.42. The van der Waals surface area contributed by atoms with Gasteiger partial charge in [0.05, 0.1) is 5.69 Å². The number of halogens is 3. The Balaban J connectivity index is 1.78. The molecule has 1 fully saturated rings. The number of urea groups is 1. The molecule has 4 rings (SSSR count). The number of hydrogen-bond donors (Lipinski definition) is 0. The lowest BCUT2D eigenvalue weighted by Crippen LogP contribution is -2.48. The quantitative estimate of drug-likeness (QED) is 0.331. The van der Waals surface area contributed by atoms with E-state index < -0.39 is 11.6 Å². The van der Waals surface area contributed by atoms with E-state index in [9.17, 15) is 9.59 Å². The van der Waals surface area contributed by atoms with Crippen LogP contribution in [0.15, 0.2) is 71.2 Å². The zero-order chi connectivity index (χ0) is 23.0. The smallest absolute Gasteiger partial charge is 0.305 e. The number of aryl methyl sites for hydroxylation is 1. The standard InChI is InChI=1S/C25H21BrCl2N2O2/c1-16-4-3-5-18(10-16)15-29-24(32)30(22-12-20(27)11-21(28)13-22)23(31)25(29,2)14-17-6-8-19(26)9-7-17/h3-13H,14-15H2,1-2H3/t25-/m1/s1. The number of imide groups is 1. The molecule has 3 aromatic rings. The largest absolute Gasteiger partial charge is 0.332 e. The predicted octanol–water partition coefficient (Wildman–Crippen LogP) is 7.03. The molecule has 3 amide bonds. The van der Waals surface area contributed by atoms with Crippen molar-refractivity contribution in [2.45, 2.75) is 32.4 Å². The summed E-state index contributed by atoms with van der Waals surface area (Å²) in [6.07, 6.45) is 0.376. The van der Waals surface area contributed by atoms with Crippen LogP contribution < -0.4 is 4.90 Å². The Bertz CT molecular complexity index is 1180. The maximum Gasteiger partial charge on any atom is 0.332 e.